The molecule has 0 heterocycles. The Morgan fingerprint density at radius 2 is 0.474 bits per heavy atom. The van der Waals surface area contributed by atoms with Crippen LogP contribution in [0.1, 0.15) is 374 Å². The van der Waals surface area contributed by atoms with Crippen LogP contribution in [0, 0.1) is 0 Å². The van der Waals surface area contributed by atoms with Gasteiger partial charge in [0, 0.05) is 19.3 Å². The monoisotopic (exact) mass is 1070 g/mol. The lowest BCUT2D eigenvalue weighted by Gasteiger charge is -2.18. The summed E-state index contributed by atoms with van der Waals surface area (Å²) in [5.41, 5.74) is 0. The fourth-order valence-electron chi connectivity index (χ4n) is 10.2. The zero-order valence-electron chi connectivity index (χ0n) is 51.3. The normalized spacial score (nSPS) is 12.2. The highest BCUT2D eigenvalue weighted by atomic mass is 16.6. The molecule has 0 aliphatic rings. The molecule has 1 unspecified atom stereocenters. The standard InChI is InChI=1S/C70H130O6/c1-4-7-10-13-16-19-22-25-28-31-33-34-35-37-39-42-45-48-51-54-57-60-63-69(72)75-66-67(65-74-68(71)62-59-56-53-50-47-44-41-38-30-27-24-21-18-15-12-9-6-3)76-70(73)64-61-58-55-52-49-46-43-40-36-32-29-26-23-20-17-14-11-8-5-2/h17,20,26-27,29-30,67H,4-16,18-19,21-25,28,31-66H2,1-3H3/b20-17-,29-26-,30-27-. The lowest BCUT2D eigenvalue weighted by atomic mass is 10.0. The van der Waals surface area contributed by atoms with Gasteiger partial charge < -0.3 is 14.2 Å². The lowest BCUT2D eigenvalue weighted by molar-refractivity contribution is -0.167. The topological polar surface area (TPSA) is 78.9 Å². The molecule has 0 aromatic rings. The quantitative estimate of drug-likeness (QED) is 0.0261. The molecule has 0 aliphatic carbocycles. The number of rotatable bonds is 63. The van der Waals surface area contributed by atoms with Crippen LogP contribution >= 0.6 is 0 Å². The second kappa shape index (κ2) is 65.2. The van der Waals surface area contributed by atoms with Gasteiger partial charge in [-0.1, -0.05) is 314 Å². The molecular weight excluding hydrogens is 937 g/mol. The van der Waals surface area contributed by atoms with Crippen molar-refractivity contribution in [1.29, 1.82) is 0 Å². The molecule has 0 N–H and O–H groups in total. The molecule has 0 rings (SSSR count). The number of unbranched alkanes of at least 4 members (excludes halogenated alkanes) is 46. The zero-order chi connectivity index (χ0) is 55.0. The molecule has 0 aliphatic heterocycles. The number of esters is 3. The highest BCUT2D eigenvalue weighted by Gasteiger charge is 2.19. The Bertz CT molecular complexity index is 1270. The molecule has 0 spiro atoms. The number of ether oxygens (including phenoxy) is 3. The first-order chi connectivity index (χ1) is 37.5. The van der Waals surface area contributed by atoms with Crippen molar-refractivity contribution < 1.29 is 28.6 Å². The van der Waals surface area contributed by atoms with E-state index in [2.05, 4.69) is 57.2 Å². The van der Waals surface area contributed by atoms with Crippen LogP contribution in [-0.4, -0.2) is 37.2 Å². The lowest BCUT2D eigenvalue weighted by Crippen LogP contribution is -2.30. The third-order valence-electron chi connectivity index (χ3n) is 15.4. The molecule has 0 aromatic carbocycles. The van der Waals surface area contributed by atoms with Crippen molar-refractivity contribution >= 4 is 17.9 Å². The number of allylic oxidation sites excluding steroid dienone is 6. The van der Waals surface area contributed by atoms with E-state index < -0.39 is 6.10 Å². The second-order valence-electron chi connectivity index (χ2n) is 23.1. The van der Waals surface area contributed by atoms with Crippen molar-refractivity contribution in [3.05, 3.63) is 36.5 Å². The number of hydrogen-bond donors (Lipinski definition) is 0. The summed E-state index contributed by atoms with van der Waals surface area (Å²) in [6.45, 7) is 6.68. The molecule has 446 valence electrons. The van der Waals surface area contributed by atoms with Gasteiger partial charge in [0.15, 0.2) is 6.10 Å². The first-order valence-corrected chi connectivity index (χ1v) is 34.0. The van der Waals surface area contributed by atoms with Gasteiger partial charge in [-0.25, -0.2) is 0 Å². The van der Waals surface area contributed by atoms with Gasteiger partial charge >= 0.3 is 17.9 Å². The summed E-state index contributed by atoms with van der Waals surface area (Å²) in [5, 5.41) is 0. The molecule has 0 saturated heterocycles. The van der Waals surface area contributed by atoms with Crippen LogP contribution < -0.4 is 0 Å². The third kappa shape index (κ3) is 62.5. The van der Waals surface area contributed by atoms with Gasteiger partial charge in [-0.05, 0) is 77.0 Å². The zero-order valence-corrected chi connectivity index (χ0v) is 51.3. The molecule has 0 amide bonds. The van der Waals surface area contributed by atoms with Gasteiger partial charge in [-0.3, -0.25) is 14.4 Å². The van der Waals surface area contributed by atoms with E-state index in [1.54, 1.807) is 0 Å². The molecule has 1 atom stereocenters. The first-order valence-electron chi connectivity index (χ1n) is 34.0. The van der Waals surface area contributed by atoms with E-state index in [9.17, 15) is 14.4 Å². The number of hydrogen-bond acceptors (Lipinski definition) is 6. The van der Waals surface area contributed by atoms with E-state index in [1.165, 1.54) is 270 Å². The van der Waals surface area contributed by atoms with E-state index >= 15 is 0 Å². The maximum Gasteiger partial charge on any atom is 0.306 e. The predicted molar refractivity (Wildman–Crippen MR) is 330 cm³/mol. The predicted octanol–water partition coefficient (Wildman–Crippen LogP) is 23.2. The van der Waals surface area contributed by atoms with Crippen LogP contribution in [0.15, 0.2) is 36.5 Å². The van der Waals surface area contributed by atoms with Crippen LogP contribution in [0.2, 0.25) is 0 Å². The summed E-state index contributed by atoms with van der Waals surface area (Å²) < 4.78 is 17.0. The fourth-order valence-corrected chi connectivity index (χ4v) is 10.2. The summed E-state index contributed by atoms with van der Waals surface area (Å²) >= 11 is 0. The Labute approximate surface area is 474 Å². The van der Waals surface area contributed by atoms with Crippen LogP contribution in [0.25, 0.3) is 0 Å². The molecular formula is C70H130O6. The van der Waals surface area contributed by atoms with Crippen LogP contribution in [-0.2, 0) is 28.6 Å². The molecule has 6 nitrogen and oxygen atoms in total. The minimum Gasteiger partial charge on any atom is -0.462 e. The number of carbonyl (C=O) groups is 3. The van der Waals surface area contributed by atoms with E-state index in [1.807, 2.05) is 0 Å². The minimum absolute atomic E-state index is 0.0705. The summed E-state index contributed by atoms with van der Waals surface area (Å²) in [5.74, 6) is -0.852. The Morgan fingerprint density at radius 3 is 0.763 bits per heavy atom. The molecule has 0 radical (unpaired) electrons. The number of carbonyl (C=O) groups excluding carboxylic acids is 3. The SMILES string of the molecule is CCCCC/C=C\C/C=C\CCCCCCCCCCCC(=O)OC(COC(=O)CCCCCCCCC/C=C\CCCCCCCC)COC(=O)CCCCCCCCCCCCCCCCCCCCCCCC. The average molecular weight is 1070 g/mol. The average Bonchev–Trinajstić information content (AvgIpc) is 3.42. The largest absolute Gasteiger partial charge is 0.462 e. The smallest absolute Gasteiger partial charge is 0.306 e. The fraction of sp³-hybridized carbons (Fsp3) is 0.871. The Hall–Kier alpha value is -2.37. The van der Waals surface area contributed by atoms with Crippen molar-refractivity contribution in [1.82, 2.24) is 0 Å². The molecule has 0 fully saturated rings. The van der Waals surface area contributed by atoms with E-state index in [0.29, 0.717) is 19.3 Å². The highest BCUT2D eigenvalue weighted by Crippen LogP contribution is 2.18. The molecule has 0 aromatic heterocycles. The molecule has 6 heteroatoms. The van der Waals surface area contributed by atoms with Gasteiger partial charge in [0.1, 0.15) is 13.2 Å². The Balaban J connectivity index is 4.31. The van der Waals surface area contributed by atoms with Crippen molar-refractivity contribution in [2.24, 2.45) is 0 Å². The first kappa shape index (κ1) is 73.6. The van der Waals surface area contributed by atoms with Gasteiger partial charge in [-0.15, -0.1) is 0 Å². The van der Waals surface area contributed by atoms with Crippen LogP contribution in [0.3, 0.4) is 0 Å². The van der Waals surface area contributed by atoms with Gasteiger partial charge in [0.2, 0.25) is 0 Å². The highest BCUT2D eigenvalue weighted by molar-refractivity contribution is 5.71. The van der Waals surface area contributed by atoms with Crippen molar-refractivity contribution in [3.63, 3.8) is 0 Å². The Morgan fingerprint density at radius 1 is 0.263 bits per heavy atom. The summed E-state index contributed by atoms with van der Waals surface area (Å²) in [7, 11) is 0. The molecule has 0 saturated carbocycles. The third-order valence-corrected chi connectivity index (χ3v) is 15.4. The second-order valence-corrected chi connectivity index (χ2v) is 23.1. The van der Waals surface area contributed by atoms with Crippen molar-refractivity contribution in [3.8, 4) is 0 Å². The van der Waals surface area contributed by atoms with E-state index in [0.717, 1.165) is 64.2 Å². The summed E-state index contributed by atoms with van der Waals surface area (Å²) in [6.07, 6.45) is 80.1. The van der Waals surface area contributed by atoms with Crippen molar-refractivity contribution in [2.75, 3.05) is 13.2 Å². The van der Waals surface area contributed by atoms with Crippen LogP contribution in [0.4, 0.5) is 0 Å². The summed E-state index contributed by atoms with van der Waals surface area (Å²) in [6, 6.07) is 0. The van der Waals surface area contributed by atoms with Gasteiger partial charge in [0.05, 0.1) is 0 Å². The van der Waals surface area contributed by atoms with Crippen molar-refractivity contribution in [2.45, 2.75) is 380 Å². The van der Waals surface area contributed by atoms with E-state index in [4.69, 9.17) is 14.2 Å². The Kier molecular flexibility index (Phi) is 63.1. The van der Waals surface area contributed by atoms with Gasteiger partial charge in [0.25, 0.3) is 0 Å². The summed E-state index contributed by atoms with van der Waals surface area (Å²) in [4.78, 5) is 38.4. The van der Waals surface area contributed by atoms with E-state index in [-0.39, 0.29) is 31.1 Å². The maximum absolute atomic E-state index is 12.9. The molecule has 76 heavy (non-hydrogen) atoms. The van der Waals surface area contributed by atoms with Gasteiger partial charge in [-0.2, -0.15) is 0 Å². The minimum atomic E-state index is -0.775. The maximum atomic E-state index is 12.9. The van der Waals surface area contributed by atoms with Crippen LogP contribution in [0.5, 0.6) is 0 Å². The molecule has 0 bridgehead atoms.